The average molecular weight is 765 g/mol. The van der Waals surface area contributed by atoms with E-state index in [9.17, 15) is 24.1 Å². The molecule has 0 bridgehead atoms. The summed E-state index contributed by atoms with van der Waals surface area (Å²) in [6.45, 7) is 4.07. The summed E-state index contributed by atoms with van der Waals surface area (Å²) >= 11 is 0. The lowest BCUT2D eigenvalue weighted by Crippen LogP contribution is -2.41. The van der Waals surface area contributed by atoms with Crippen molar-refractivity contribution in [3.8, 4) is 0 Å². The predicted octanol–water partition coefficient (Wildman–Crippen LogP) is 11.9. The summed E-state index contributed by atoms with van der Waals surface area (Å²) in [6.07, 6.45) is 37.4. The second kappa shape index (κ2) is 39.9. The minimum absolute atomic E-state index is 0.0485. The maximum atomic E-state index is 12.6. The van der Waals surface area contributed by atoms with Crippen LogP contribution in [-0.2, 0) is 28.7 Å². The fourth-order valence-corrected chi connectivity index (χ4v) is 6.49. The van der Waals surface area contributed by atoms with Crippen LogP contribution in [0.5, 0.6) is 0 Å². The molecule has 0 aliphatic carbocycles. The highest BCUT2D eigenvalue weighted by molar-refractivity contribution is 5.82. The van der Waals surface area contributed by atoms with Gasteiger partial charge in [0, 0.05) is 12.8 Å². The highest BCUT2D eigenvalue weighted by atomic mass is 16.6. The van der Waals surface area contributed by atoms with Crippen molar-refractivity contribution in [1.82, 2.24) is 5.32 Å². The molecule has 0 radical (unpaired) electrons. The summed E-state index contributed by atoms with van der Waals surface area (Å²) in [5.41, 5.74) is 0. The standard InChI is InChI=1S/C44H80N2O8/c1-3-5-7-9-11-13-15-17-19-21-23-25-27-29-31-33-42(49)53-38-39(37-45-44(51)40(46-52)35-36-41(47)48)54-43(50)34-32-30-28-26-24-22-20-18-16-14-12-10-8-6-4-2/h30,32,39-40H,3-29,31,33-38H2,1-2H3,(H,45,51)(H,47,48)/b32-30+. The number of nitrogens with zero attached hydrogens (tertiary/aromatic N) is 1. The summed E-state index contributed by atoms with van der Waals surface area (Å²) in [6, 6.07) is -1.38. The van der Waals surface area contributed by atoms with Crippen molar-refractivity contribution in [2.75, 3.05) is 13.2 Å². The molecular formula is C44H80N2O8. The number of esters is 2. The molecule has 2 atom stereocenters. The maximum Gasteiger partial charge on any atom is 0.310 e. The lowest BCUT2D eigenvalue weighted by atomic mass is 10.0. The predicted molar refractivity (Wildman–Crippen MR) is 219 cm³/mol. The number of aliphatic carboxylic acids is 1. The Labute approximate surface area is 329 Å². The average Bonchev–Trinajstić information content (AvgIpc) is 3.15. The Morgan fingerprint density at radius 2 is 1.04 bits per heavy atom. The van der Waals surface area contributed by atoms with E-state index in [2.05, 4.69) is 24.3 Å². The van der Waals surface area contributed by atoms with E-state index in [1.807, 2.05) is 6.08 Å². The quantitative estimate of drug-likeness (QED) is 0.0270. The number of nitrogens with one attached hydrogen (secondary N) is 1. The van der Waals surface area contributed by atoms with Crippen molar-refractivity contribution >= 4 is 23.8 Å². The van der Waals surface area contributed by atoms with E-state index in [-0.39, 0.29) is 38.8 Å². The molecule has 0 saturated carbocycles. The normalized spacial score (nSPS) is 12.4. The molecular weight excluding hydrogens is 684 g/mol. The SMILES string of the molecule is CCCCCCCCCCCCCC/C=C/CC(=O)OC(CNC(=O)C(CCC(=O)O)N=O)COC(=O)CCCCCCCCCCCCCCCCC. The lowest BCUT2D eigenvalue weighted by Gasteiger charge is -2.19. The van der Waals surface area contributed by atoms with Crippen molar-refractivity contribution in [3.05, 3.63) is 17.1 Å². The third kappa shape index (κ3) is 36.2. The zero-order chi connectivity index (χ0) is 39.7. The molecule has 0 aromatic carbocycles. The number of allylic oxidation sites excluding steroid dienone is 1. The van der Waals surface area contributed by atoms with Gasteiger partial charge in [0.2, 0.25) is 5.91 Å². The molecule has 10 nitrogen and oxygen atoms in total. The zero-order valence-electron chi connectivity index (χ0n) is 34.6. The fraction of sp³-hybridized carbons (Fsp3) is 0.864. The van der Waals surface area contributed by atoms with E-state index in [0.29, 0.717) is 0 Å². The molecule has 0 aliphatic heterocycles. The van der Waals surface area contributed by atoms with Crippen molar-refractivity contribution in [2.24, 2.45) is 5.18 Å². The number of nitroso groups, excluding NO2 is 1. The van der Waals surface area contributed by atoms with Crippen LogP contribution in [0.15, 0.2) is 17.3 Å². The Morgan fingerprint density at radius 3 is 1.48 bits per heavy atom. The molecule has 314 valence electrons. The Morgan fingerprint density at radius 1 is 0.593 bits per heavy atom. The first-order valence-electron chi connectivity index (χ1n) is 22.2. The van der Waals surface area contributed by atoms with Crippen LogP contribution >= 0.6 is 0 Å². The lowest BCUT2D eigenvalue weighted by molar-refractivity contribution is -0.158. The molecule has 0 rings (SSSR count). The monoisotopic (exact) mass is 765 g/mol. The van der Waals surface area contributed by atoms with Crippen molar-refractivity contribution in [2.45, 2.75) is 231 Å². The third-order valence-electron chi connectivity index (χ3n) is 9.95. The van der Waals surface area contributed by atoms with Crippen LogP contribution in [0.1, 0.15) is 219 Å². The highest BCUT2D eigenvalue weighted by Crippen LogP contribution is 2.15. The summed E-state index contributed by atoms with van der Waals surface area (Å²) in [5, 5.41) is 14.1. The summed E-state index contributed by atoms with van der Waals surface area (Å²) in [5.74, 6) is -2.82. The van der Waals surface area contributed by atoms with Gasteiger partial charge in [-0.2, -0.15) is 0 Å². The number of hydrogen-bond acceptors (Lipinski definition) is 8. The van der Waals surface area contributed by atoms with Crippen LogP contribution in [0.25, 0.3) is 0 Å². The molecule has 2 N–H and O–H groups in total. The Bertz CT molecular complexity index is 957. The number of rotatable bonds is 41. The number of carboxylic acid groups (broad SMARTS) is 1. The van der Waals surface area contributed by atoms with Gasteiger partial charge >= 0.3 is 17.9 Å². The molecule has 0 aliphatic rings. The molecule has 0 heterocycles. The molecule has 0 aromatic heterocycles. The van der Waals surface area contributed by atoms with Crippen LogP contribution in [0.3, 0.4) is 0 Å². The first kappa shape index (κ1) is 51.2. The van der Waals surface area contributed by atoms with Gasteiger partial charge < -0.3 is 19.9 Å². The van der Waals surface area contributed by atoms with Gasteiger partial charge in [-0.25, -0.2) is 0 Å². The number of unbranched alkanes of at least 4 members (excludes halogenated alkanes) is 26. The second-order valence-electron chi connectivity index (χ2n) is 15.1. The van der Waals surface area contributed by atoms with E-state index in [1.54, 1.807) is 6.08 Å². The Hall–Kier alpha value is -2.78. The van der Waals surface area contributed by atoms with E-state index in [1.165, 1.54) is 148 Å². The number of ether oxygens (including phenoxy) is 2. The van der Waals surface area contributed by atoms with Gasteiger partial charge in [0.15, 0.2) is 12.1 Å². The van der Waals surface area contributed by atoms with Crippen LogP contribution < -0.4 is 5.32 Å². The largest absolute Gasteiger partial charge is 0.481 e. The van der Waals surface area contributed by atoms with Crippen molar-refractivity contribution in [1.29, 1.82) is 0 Å². The first-order chi connectivity index (χ1) is 26.3. The molecule has 10 heteroatoms. The summed E-state index contributed by atoms with van der Waals surface area (Å²) in [7, 11) is 0. The molecule has 0 saturated heterocycles. The molecule has 1 amide bonds. The van der Waals surface area contributed by atoms with Crippen LogP contribution in [0, 0.1) is 4.91 Å². The Kier molecular flexibility index (Phi) is 37.8. The van der Waals surface area contributed by atoms with Crippen molar-refractivity contribution < 1.29 is 33.8 Å². The minimum Gasteiger partial charge on any atom is -0.481 e. The number of carbonyl (C=O) groups is 4. The van der Waals surface area contributed by atoms with E-state index < -0.39 is 36.0 Å². The zero-order valence-corrected chi connectivity index (χ0v) is 34.6. The Balaban J connectivity index is 4.38. The van der Waals surface area contributed by atoms with Gasteiger partial charge in [-0.3, -0.25) is 19.2 Å². The van der Waals surface area contributed by atoms with E-state index >= 15 is 0 Å². The van der Waals surface area contributed by atoms with Crippen molar-refractivity contribution in [3.63, 3.8) is 0 Å². The fourth-order valence-electron chi connectivity index (χ4n) is 6.49. The second-order valence-corrected chi connectivity index (χ2v) is 15.1. The van der Waals surface area contributed by atoms with Gasteiger partial charge in [0.05, 0.1) is 13.0 Å². The molecule has 54 heavy (non-hydrogen) atoms. The number of carboxylic acids is 1. The highest BCUT2D eigenvalue weighted by Gasteiger charge is 2.23. The van der Waals surface area contributed by atoms with Crippen LogP contribution in [-0.4, -0.2) is 54.2 Å². The van der Waals surface area contributed by atoms with Gasteiger partial charge in [-0.05, 0) is 25.7 Å². The third-order valence-corrected chi connectivity index (χ3v) is 9.95. The first-order valence-corrected chi connectivity index (χ1v) is 22.2. The topological polar surface area (TPSA) is 148 Å². The van der Waals surface area contributed by atoms with Crippen LogP contribution in [0.4, 0.5) is 0 Å². The number of hydrogen-bond donors (Lipinski definition) is 2. The number of amides is 1. The maximum absolute atomic E-state index is 12.6. The molecule has 0 fully saturated rings. The number of carbonyl (C=O) groups excluding carboxylic acids is 3. The van der Waals surface area contributed by atoms with Gasteiger partial charge in [0.25, 0.3) is 0 Å². The molecule has 0 aromatic rings. The van der Waals surface area contributed by atoms with E-state index in [4.69, 9.17) is 14.6 Å². The van der Waals surface area contributed by atoms with Gasteiger partial charge in [-0.1, -0.05) is 192 Å². The summed E-state index contributed by atoms with van der Waals surface area (Å²) < 4.78 is 10.9. The molecule has 2 unspecified atom stereocenters. The van der Waals surface area contributed by atoms with E-state index in [0.717, 1.165) is 32.1 Å². The van der Waals surface area contributed by atoms with Gasteiger partial charge in [0.1, 0.15) is 6.61 Å². The van der Waals surface area contributed by atoms with Gasteiger partial charge in [-0.15, -0.1) is 4.91 Å². The minimum atomic E-state index is -1.38. The van der Waals surface area contributed by atoms with Crippen LogP contribution in [0.2, 0.25) is 0 Å². The smallest absolute Gasteiger partial charge is 0.310 e. The molecule has 0 spiro atoms. The summed E-state index contributed by atoms with van der Waals surface area (Å²) in [4.78, 5) is 59.5.